The molecule has 1 fully saturated rings. The van der Waals surface area contributed by atoms with Gasteiger partial charge in [0.1, 0.15) is 17.1 Å². The third-order valence-electron chi connectivity index (χ3n) is 6.29. The fourth-order valence-electron chi connectivity index (χ4n) is 4.15. The monoisotopic (exact) mass is 460 g/mol. The van der Waals surface area contributed by atoms with Crippen LogP contribution in [0.3, 0.4) is 0 Å². The highest BCUT2D eigenvalue weighted by Gasteiger charge is 2.29. The Balaban J connectivity index is 1.68. The molecule has 1 aliphatic rings. The van der Waals surface area contributed by atoms with E-state index in [0.717, 1.165) is 28.5 Å². The average Bonchev–Trinajstić information content (AvgIpc) is 3.62. The zero-order valence-corrected chi connectivity index (χ0v) is 19.4. The van der Waals surface area contributed by atoms with Gasteiger partial charge in [0, 0.05) is 24.2 Å². The zero-order chi connectivity index (χ0) is 24.1. The summed E-state index contributed by atoms with van der Waals surface area (Å²) < 4.78 is 13.1. The summed E-state index contributed by atoms with van der Waals surface area (Å²) in [5, 5.41) is 0.0543. The minimum Gasteiger partial charge on any atom is -0.465 e. The van der Waals surface area contributed by atoms with Crippen LogP contribution < -0.4 is 11.2 Å². The molecule has 0 spiro atoms. The number of aromatic nitrogens is 4. The van der Waals surface area contributed by atoms with Crippen LogP contribution in [0.1, 0.15) is 51.8 Å². The molecule has 9 nitrogen and oxygen atoms in total. The van der Waals surface area contributed by atoms with Crippen LogP contribution in [0.4, 0.5) is 0 Å². The molecule has 1 aromatic carbocycles. The lowest BCUT2D eigenvalue weighted by atomic mass is 10.1. The SMILES string of the molecule is COC(=O)c1cc(C2CC2)nc2c1c(=O)n(Cc1nc(-c3ccccc3C)oc1C)c(=O)n2C. The molecule has 0 radical (unpaired) electrons. The molecule has 34 heavy (non-hydrogen) atoms. The van der Waals surface area contributed by atoms with Crippen molar-refractivity contribution in [2.24, 2.45) is 7.05 Å². The summed E-state index contributed by atoms with van der Waals surface area (Å²) in [6, 6.07) is 9.28. The Morgan fingerprint density at radius 3 is 2.59 bits per heavy atom. The number of oxazole rings is 1. The second-order valence-electron chi connectivity index (χ2n) is 8.63. The number of esters is 1. The Hall–Kier alpha value is -4.01. The van der Waals surface area contributed by atoms with Crippen LogP contribution in [0.25, 0.3) is 22.5 Å². The number of methoxy groups -OCH3 is 1. The summed E-state index contributed by atoms with van der Waals surface area (Å²) in [6.07, 6.45) is 1.91. The molecule has 174 valence electrons. The number of hydrogen-bond acceptors (Lipinski definition) is 7. The molecule has 1 saturated carbocycles. The van der Waals surface area contributed by atoms with E-state index in [9.17, 15) is 14.4 Å². The van der Waals surface area contributed by atoms with Crippen molar-refractivity contribution in [3.05, 3.63) is 79.4 Å². The number of hydrogen-bond donors (Lipinski definition) is 0. The number of carbonyl (C=O) groups is 1. The number of pyridine rings is 1. The molecule has 1 aliphatic carbocycles. The van der Waals surface area contributed by atoms with Gasteiger partial charge in [-0.1, -0.05) is 18.2 Å². The second-order valence-corrected chi connectivity index (χ2v) is 8.63. The van der Waals surface area contributed by atoms with Crippen molar-refractivity contribution in [3.8, 4) is 11.5 Å². The molecule has 0 amide bonds. The van der Waals surface area contributed by atoms with Crippen LogP contribution in [0.2, 0.25) is 0 Å². The molecular weight excluding hydrogens is 436 g/mol. The molecule has 4 aromatic rings. The van der Waals surface area contributed by atoms with Gasteiger partial charge in [-0.25, -0.2) is 19.6 Å². The van der Waals surface area contributed by atoms with Crippen molar-refractivity contribution in [3.63, 3.8) is 0 Å². The smallest absolute Gasteiger partial charge is 0.338 e. The Morgan fingerprint density at radius 2 is 1.91 bits per heavy atom. The maximum Gasteiger partial charge on any atom is 0.338 e. The molecule has 0 saturated heterocycles. The predicted octanol–water partition coefficient (Wildman–Crippen LogP) is 3.08. The lowest BCUT2D eigenvalue weighted by molar-refractivity contribution is 0.0602. The van der Waals surface area contributed by atoms with E-state index in [0.29, 0.717) is 23.0 Å². The van der Waals surface area contributed by atoms with Gasteiger partial charge in [-0.2, -0.15) is 0 Å². The first-order valence-corrected chi connectivity index (χ1v) is 11.0. The van der Waals surface area contributed by atoms with Crippen LogP contribution in [0.15, 0.2) is 44.3 Å². The fraction of sp³-hybridized carbons (Fsp3) is 0.320. The molecule has 0 unspecified atom stereocenters. The standard InChI is InChI=1S/C25H24N4O5/c1-13-7-5-6-8-16(13)22-27-19(14(2)34-22)12-29-23(30)20-17(24(31)33-4)11-18(15-9-10-15)26-21(20)28(3)25(29)32/h5-8,11,15H,9-10,12H2,1-4H3. The van der Waals surface area contributed by atoms with Crippen molar-refractivity contribution in [2.45, 2.75) is 39.2 Å². The molecular formula is C25H24N4O5. The minimum atomic E-state index is -0.643. The van der Waals surface area contributed by atoms with E-state index in [4.69, 9.17) is 9.15 Å². The summed E-state index contributed by atoms with van der Waals surface area (Å²) in [4.78, 5) is 48.4. The number of nitrogens with zero attached hydrogens (tertiary/aromatic N) is 4. The van der Waals surface area contributed by atoms with E-state index in [-0.39, 0.29) is 29.1 Å². The highest BCUT2D eigenvalue weighted by molar-refractivity contribution is 6.02. The van der Waals surface area contributed by atoms with Gasteiger partial charge >= 0.3 is 11.7 Å². The third kappa shape index (κ3) is 3.53. The average molecular weight is 460 g/mol. The maximum atomic E-state index is 13.5. The first-order valence-electron chi connectivity index (χ1n) is 11.0. The highest BCUT2D eigenvalue weighted by atomic mass is 16.5. The van der Waals surface area contributed by atoms with E-state index < -0.39 is 17.2 Å². The zero-order valence-electron chi connectivity index (χ0n) is 19.4. The Morgan fingerprint density at radius 1 is 1.18 bits per heavy atom. The van der Waals surface area contributed by atoms with Gasteiger partial charge in [0.05, 0.1) is 24.6 Å². The van der Waals surface area contributed by atoms with Crippen LogP contribution in [-0.4, -0.2) is 32.2 Å². The Kier molecular flexibility index (Phi) is 5.19. The molecule has 9 heteroatoms. The first-order chi connectivity index (χ1) is 16.3. The maximum absolute atomic E-state index is 13.5. The quantitative estimate of drug-likeness (QED) is 0.421. The second kappa shape index (κ2) is 8.09. The number of benzene rings is 1. The molecule has 3 aromatic heterocycles. The number of aryl methyl sites for hydroxylation is 3. The number of fused-ring (bicyclic) bond motifs is 1. The highest BCUT2D eigenvalue weighted by Crippen LogP contribution is 2.40. The van der Waals surface area contributed by atoms with Gasteiger partial charge in [-0.05, 0) is 44.4 Å². The van der Waals surface area contributed by atoms with Gasteiger partial charge in [-0.3, -0.25) is 13.9 Å². The summed E-state index contributed by atoms with van der Waals surface area (Å²) in [5.74, 6) is 0.504. The number of rotatable bonds is 5. The van der Waals surface area contributed by atoms with Crippen molar-refractivity contribution < 1.29 is 13.9 Å². The molecule has 0 bridgehead atoms. The van der Waals surface area contributed by atoms with Gasteiger partial charge in [0.15, 0.2) is 0 Å². The molecule has 0 atom stereocenters. The fourth-order valence-corrected chi connectivity index (χ4v) is 4.15. The van der Waals surface area contributed by atoms with E-state index >= 15 is 0 Å². The van der Waals surface area contributed by atoms with Crippen LogP contribution >= 0.6 is 0 Å². The van der Waals surface area contributed by atoms with Crippen LogP contribution in [0, 0.1) is 13.8 Å². The lowest BCUT2D eigenvalue weighted by Crippen LogP contribution is -2.40. The Bertz CT molecular complexity index is 1570. The normalized spacial score (nSPS) is 13.4. The van der Waals surface area contributed by atoms with Crippen LogP contribution in [0.5, 0.6) is 0 Å². The number of carbonyl (C=O) groups excluding carboxylic acids is 1. The van der Waals surface area contributed by atoms with E-state index in [1.54, 1.807) is 20.0 Å². The predicted molar refractivity (Wildman–Crippen MR) is 125 cm³/mol. The van der Waals surface area contributed by atoms with E-state index in [2.05, 4.69) is 9.97 Å². The van der Waals surface area contributed by atoms with Gasteiger partial charge in [0.2, 0.25) is 5.89 Å². The van der Waals surface area contributed by atoms with Crippen molar-refractivity contribution in [2.75, 3.05) is 7.11 Å². The summed E-state index contributed by atoms with van der Waals surface area (Å²) in [7, 11) is 2.80. The van der Waals surface area contributed by atoms with Gasteiger partial charge in [-0.15, -0.1) is 0 Å². The number of ether oxygens (including phenoxy) is 1. The first kappa shape index (κ1) is 21.8. The molecule has 0 aliphatic heterocycles. The molecule has 0 N–H and O–H groups in total. The van der Waals surface area contributed by atoms with Crippen molar-refractivity contribution in [1.82, 2.24) is 19.1 Å². The third-order valence-corrected chi connectivity index (χ3v) is 6.29. The van der Waals surface area contributed by atoms with Crippen LogP contribution in [-0.2, 0) is 18.3 Å². The topological polar surface area (TPSA) is 109 Å². The minimum absolute atomic E-state index is 0.0543. The summed E-state index contributed by atoms with van der Waals surface area (Å²) in [6.45, 7) is 3.59. The van der Waals surface area contributed by atoms with E-state index in [1.165, 1.54) is 11.7 Å². The molecule has 5 rings (SSSR count). The summed E-state index contributed by atoms with van der Waals surface area (Å²) in [5.41, 5.74) is 2.10. The lowest BCUT2D eigenvalue weighted by Gasteiger charge is -2.13. The van der Waals surface area contributed by atoms with E-state index in [1.807, 2.05) is 31.2 Å². The Labute approximate surface area is 194 Å². The largest absolute Gasteiger partial charge is 0.465 e. The summed E-state index contributed by atoms with van der Waals surface area (Å²) >= 11 is 0. The van der Waals surface area contributed by atoms with Gasteiger partial charge in [0.25, 0.3) is 5.56 Å². The van der Waals surface area contributed by atoms with Crippen molar-refractivity contribution >= 4 is 17.0 Å². The molecule has 3 heterocycles. The van der Waals surface area contributed by atoms with Gasteiger partial charge < -0.3 is 9.15 Å². The van der Waals surface area contributed by atoms with Crippen molar-refractivity contribution in [1.29, 1.82) is 0 Å².